The third-order valence-corrected chi connectivity index (χ3v) is 3.11. The van der Waals surface area contributed by atoms with Gasteiger partial charge in [-0.05, 0) is 5.92 Å². The molecule has 0 spiro atoms. The Morgan fingerprint density at radius 1 is 0.938 bits per heavy atom. The number of hydrogen-bond acceptors (Lipinski definition) is 0. The van der Waals surface area contributed by atoms with Crippen molar-refractivity contribution in [2.24, 2.45) is 5.92 Å². The fourth-order valence-electron chi connectivity index (χ4n) is 2.13. The predicted octanol–water partition coefficient (Wildman–Crippen LogP) is 5.15. The third-order valence-electron chi connectivity index (χ3n) is 3.11. The van der Waals surface area contributed by atoms with E-state index in [-0.39, 0.29) is 32.7 Å². The molecule has 0 aliphatic carbocycles. The summed E-state index contributed by atoms with van der Waals surface area (Å²) in [4.78, 5) is 0. The van der Waals surface area contributed by atoms with Gasteiger partial charge in [-0.2, -0.15) is 0 Å². The molecule has 0 N–H and O–H groups in total. The molecule has 1 aliphatic heterocycles. The van der Waals surface area contributed by atoms with Crippen molar-refractivity contribution in [1.82, 2.24) is 0 Å². The molecular formula is C14H30NY-. The van der Waals surface area contributed by atoms with Crippen LogP contribution in [0.1, 0.15) is 72.1 Å². The first kappa shape index (κ1) is 19.4. The molecule has 0 saturated carbocycles. The van der Waals surface area contributed by atoms with Gasteiger partial charge in [-0.15, -0.1) is 13.1 Å². The molecule has 95 valence electrons. The Morgan fingerprint density at radius 3 is 2.06 bits per heavy atom. The fourth-order valence-corrected chi connectivity index (χ4v) is 2.13. The SMILES string of the molecule is CC.CCCCCCCC1CC[N-]CC1.[Y]. The number of hydrogen-bond donors (Lipinski definition) is 0. The third kappa shape index (κ3) is 11.5. The summed E-state index contributed by atoms with van der Waals surface area (Å²) in [5.41, 5.74) is 0. The molecule has 0 bridgehead atoms. The standard InChI is InChI=1S/C12H24N.C2H6.Y/c1-2-3-4-5-6-7-12-8-10-13-11-9-12;1-2;/h12H,2-11H2,1H3;1-2H3;/q-1;;. The average Bonchev–Trinajstić information content (AvgIpc) is 2.33. The first-order valence-corrected chi connectivity index (χ1v) is 7.06. The van der Waals surface area contributed by atoms with Crippen molar-refractivity contribution in [3.63, 3.8) is 0 Å². The van der Waals surface area contributed by atoms with Crippen molar-refractivity contribution < 1.29 is 32.7 Å². The predicted molar refractivity (Wildman–Crippen MR) is 70.5 cm³/mol. The summed E-state index contributed by atoms with van der Waals surface area (Å²) in [6, 6.07) is 0. The van der Waals surface area contributed by atoms with E-state index in [0.29, 0.717) is 0 Å². The fraction of sp³-hybridized carbons (Fsp3) is 1.00. The van der Waals surface area contributed by atoms with E-state index >= 15 is 0 Å². The Balaban J connectivity index is 0. The summed E-state index contributed by atoms with van der Waals surface area (Å²) >= 11 is 0. The Morgan fingerprint density at radius 2 is 1.50 bits per heavy atom. The minimum atomic E-state index is 0. The summed E-state index contributed by atoms with van der Waals surface area (Å²) in [5.74, 6) is 1.01. The molecule has 0 unspecified atom stereocenters. The van der Waals surface area contributed by atoms with Gasteiger partial charge in [0.1, 0.15) is 0 Å². The van der Waals surface area contributed by atoms with Gasteiger partial charge in [-0.3, -0.25) is 0 Å². The van der Waals surface area contributed by atoms with E-state index in [1.807, 2.05) is 13.8 Å². The topological polar surface area (TPSA) is 14.1 Å². The zero-order valence-corrected chi connectivity index (χ0v) is 14.5. The van der Waals surface area contributed by atoms with Crippen molar-refractivity contribution in [3.05, 3.63) is 5.32 Å². The molecule has 1 nitrogen and oxygen atoms in total. The zero-order valence-electron chi connectivity index (χ0n) is 11.7. The second-order valence-electron chi connectivity index (χ2n) is 4.32. The average molecular weight is 301 g/mol. The maximum Gasteiger partial charge on any atom is 0 e. The molecular weight excluding hydrogens is 271 g/mol. The first-order chi connectivity index (χ1) is 7.43. The van der Waals surface area contributed by atoms with Gasteiger partial charge in [-0.25, -0.2) is 0 Å². The monoisotopic (exact) mass is 301 g/mol. The summed E-state index contributed by atoms with van der Waals surface area (Å²) in [7, 11) is 0. The molecule has 16 heavy (non-hydrogen) atoms. The van der Waals surface area contributed by atoms with Gasteiger partial charge >= 0.3 is 0 Å². The normalized spacial score (nSPS) is 15.9. The molecule has 0 aromatic carbocycles. The van der Waals surface area contributed by atoms with Crippen molar-refractivity contribution in [3.8, 4) is 0 Å². The van der Waals surface area contributed by atoms with Crippen LogP contribution in [0, 0.1) is 5.92 Å². The molecule has 2 heteroatoms. The Hall–Kier alpha value is 1.06. The molecule has 1 saturated heterocycles. The molecule has 1 rings (SSSR count). The van der Waals surface area contributed by atoms with Gasteiger partial charge in [-0.1, -0.05) is 72.1 Å². The maximum absolute atomic E-state index is 4.38. The van der Waals surface area contributed by atoms with Gasteiger partial charge in [0.2, 0.25) is 0 Å². The van der Waals surface area contributed by atoms with Crippen molar-refractivity contribution >= 4 is 0 Å². The Kier molecular flexibility index (Phi) is 19.5. The van der Waals surface area contributed by atoms with E-state index in [4.69, 9.17) is 0 Å². The molecule has 1 heterocycles. The molecule has 0 amide bonds. The van der Waals surface area contributed by atoms with Crippen LogP contribution in [0.4, 0.5) is 0 Å². The van der Waals surface area contributed by atoms with E-state index in [1.165, 1.54) is 51.4 Å². The second kappa shape index (κ2) is 16.1. The van der Waals surface area contributed by atoms with Crippen LogP contribution in [0.25, 0.3) is 5.32 Å². The van der Waals surface area contributed by atoms with Crippen LogP contribution < -0.4 is 0 Å². The molecule has 1 fully saturated rings. The van der Waals surface area contributed by atoms with Crippen molar-refractivity contribution in [2.75, 3.05) is 13.1 Å². The van der Waals surface area contributed by atoms with Crippen molar-refractivity contribution in [1.29, 1.82) is 0 Å². The van der Waals surface area contributed by atoms with Gasteiger partial charge in [0.15, 0.2) is 0 Å². The smallest absolute Gasteiger partial charge is 0 e. The van der Waals surface area contributed by atoms with Crippen LogP contribution in [0.2, 0.25) is 0 Å². The van der Waals surface area contributed by atoms with Gasteiger partial charge in [0.05, 0.1) is 0 Å². The Bertz CT molecular complexity index is 111. The molecule has 0 aromatic heterocycles. The number of rotatable bonds is 6. The summed E-state index contributed by atoms with van der Waals surface area (Å²) in [5, 5.41) is 4.38. The molecule has 0 aromatic rings. The molecule has 1 radical (unpaired) electrons. The van der Waals surface area contributed by atoms with Crippen LogP contribution in [-0.2, 0) is 32.7 Å². The number of nitrogens with zero attached hydrogens (tertiary/aromatic N) is 1. The van der Waals surface area contributed by atoms with Gasteiger partial charge < -0.3 is 5.32 Å². The summed E-state index contributed by atoms with van der Waals surface area (Å²) < 4.78 is 0. The summed E-state index contributed by atoms with van der Waals surface area (Å²) in [6.45, 7) is 8.56. The van der Waals surface area contributed by atoms with Crippen molar-refractivity contribution in [2.45, 2.75) is 72.1 Å². The van der Waals surface area contributed by atoms with E-state index in [1.54, 1.807) is 0 Å². The van der Waals surface area contributed by atoms with Gasteiger partial charge in [0, 0.05) is 32.7 Å². The molecule has 0 atom stereocenters. The van der Waals surface area contributed by atoms with Crippen LogP contribution in [0.3, 0.4) is 0 Å². The van der Waals surface area contributed by atoms with Crippen LogP contribution in [-0.4, -0.2) is 13.1 Å². The van der Waals surface area contributed by atoms with E-state index in [9.17, 15) is 0 Å². The minimum absolute atomic E-state index is 0. The first-order valence-electron chi connectivity index (χ1n) is 7.06. The molecule has 1 aliphatic rings. The Labute approximate surface area is 128 Å². The zero-order chi connectivity index (χ0) is 11.4. The van der Waals surface area contributed by atoms with Gasteiger partial charge in [0.25, 0.3) is 0 Å². The van der Waals surface area contributed by atoms with E-state index < -0.39 is 0 Å². The van der Waals surface area contributed by atoms with Crippen LogP contribution in [0.15, 0.2) is 0 Å². The van der Waals surface area contributed by atoms with E-state index in [2.05, 4.69) is 12.2 Å². The maximum atomic E-state index is 4.38. The summed E-state index contributed by atoms with van der Waals surface area (Å²) in [6.07, 6.45) is 11.4. The largest absolute Gasteiger partial charge is 0.662 e. The quantitative estimate of drug-likeness (QED) is 0.602. The van der Waals surface area contributed by atoms with Crippen LogP contribution in [0.5, 0.6) is 0 Å². The van der Waals surface area contributed by atoms with E-state index in [0.717, 1.165) is 19.0 Å². The number of piperidine rings is 1. The second-order valence-corrected chi connectivity index (χ2v) is 4.32. The van der Waals surface area contributed by atoms with Crippen LogP contribution >= 0.6 is 0 Å². The number of unbranched alkanes of at least 4 members (excludes halogenated alkanes) is 4. The minimum Gasteiger partial charge on any atom is -0.662 e.